The van der Waals surface area contributed by atoms with Gasteiger partial charge < -0.3 is 9.15 Å². The number of carbonyl (C=O) groups excluding carboxylic acids is 2. The summed E-state index contributed by atoms with van der Waals surface area (Å²) in [7, 11) is -3.66. The van der Waals surface area contributed by atoms with Gasteiger partial charge in [0.1, 0.15) is 5.25 Å². The summed E-state index contributed by atoms with van der Waals surface area (Å²) >= 11 is 0.873. The van der Waals surface area contributed by atoms with Crippen molar-refractivity contribution in [2.24, 2.45) is 0 Å². The SMILES string of the molecule is CC(=O)C(Sc1nnc(-c2cccc(S(=O)(=O)N3CCOCC3)c2)o1)C(C)=O. The molecule has 1 aromatic heterocycles. The molecule has 11 heteroatoms. The zero-order chi connectivity index (χ0) is 20.3. The van der Waals surface area contributed by atoms with Gasteiger partial charge >= 0.3 is 0 Å². The molecular weight excluding hydrogens is 406 g/mol. The van der Waals surface area contributed by atoms with Gasteiger partial charge in [0.2, 0.25) is 15.9 Å². The first kappa shape index (κ1) is 20.6. The van der Waals surface area contributed by atoms with Crippen LogP contribution in [-0.4, -0.2) is 66.0 Å². The summed E-state index contributed by atoms with van der Waals surface area (Å²) < 4.78 is 37.7. The molecule has 0 saturated carbocycles. The number of ether oxygens (including phenoxy) is 1. The highest BCUT2D eigenvalue weighted by Crippen LogP contribution is 2.28. The van der Waals surface area contributed by atoms with Crippen molar-refractivity contribution in [3.8, 4) is 11.5 Å². The van der Waals surface area contributed by atoms with Crippen LogP contribution in [0.3, 0.4) is 0 Å². The Morgan fingerprint density at radius 2 is 1.82 bits per heavy atom. The Hall–Kier alpha value is -2.08. The molecule has 0 N–H and O–H groups in total. The average molecular weight is 425 g/mol. The van der Waals surface area contributed by atoms with E-state index < -0.39 is 15.3 Å². The predicted molar refractivity (Wildman–Crippen MR) is 100 cm³/mol. The van der Waals surface area contributed by atoms with E-state index in [-0.39, 0.29) is 27.6 Å². The number of hydrogen-bond donors (Lipinski definition) is 0. The minimum Gasteiger partial charge on any atom is -0.411 e. The van der Waals surface area contributed by atoms with Crippen molar-refractivity contribution in [3.63, 3.8) is 0 Å². The Balaban J connectivity index is 1.84. The monoisotopic (exact) mass is 425 g/mol. The van der Waals surface area contributed by atoms with Crippen molar-refractivity contribution >= 4 is 33.4 Å². The van der Waals surface area contributed by atoms with Crippen LogP contribution in [0.2, 0.25) is 0 Å². The molecule has 0 atom stereocenters. The van der Waals surface area contributed by atoms with Gasteiger partial charge in [-0.1, -0.05) is 6.07 Å². The number of morpholine rings is 1. The normalized spacial score (nSPS) is 15.7. The Kier molecular flexibility index (Phi) is 6.28. The number of ketones is 2. The lowest BCUT2D eigenvalue weighted by molar-refractivity contribution is -0.123. The summed E-state index contributed by atoms with van der Waals surface area (Å²) in [6.45, 7) is 3.94. The van der Waals surface area contributed by atoms with Gasteiger partial charge in [-0.15, -0.1) is 10.2 Å². The Morgan fingerprint density at radius 1 is 1.14 bits per heavy atom. The van der Waals surface area contributed by atoms with Crippen molar-refractivity contribution in [1.29, 1.82) is 0 Å². The van der Waals surface area contributed by atoms with Crippen LogP contribution >= 0.6 is 11.8 Å². The fraction of sp³-hybridized carbons (Fsp3) is 0.412. The van der Waals surface area contributed by atoms with Crippen LogP contribution in [0, 0.1) is 0 Å². The van der Waals surface area contributed by atoms with Gasteiger partial charge in [0.05, 0.1) is 18.1 Å². The van der Waals surface area contributed by atoms with Crippen molar-refractivity contribution in [2.45, 2.75) is 29.2 Å². The molecule has 0 spiro atoms. The molecule has 9 nitrogen and oxygen atoms in total. The van der Waals surface area contributed by atoms with E-state index in [2.05, 4.69) is 10.2 Å². The Labute approximate surface area is 166 Å². The maximum atomic E-state index is 12.8. The number of thioether (sulfide) groups is 1. The Bertz CT molecular complexity index is 968. The number of carbonyl (C=O) groups is 2. The minimum atomic E-state index is -3.66. The van der Waals surface area contributed by atoms with E-state index in [1.165, 1.54) is 30.3 Å². The molecule has 0 aliphatic carbocycles. The van der Waals surface area contributed by atoms with E-state index >= 15 is 0 Å². The van der Waals surface area contributed by atoms with Crippen LogP contribution < -0.4 is 0 Å². The fourth-order valence-corrected chi connectivity index (χ4v) is 4.86. The second-order valence-corrected chi connectivity index (χ2v) is 9.13. The van der Waals surface area contributed by atoms with Crippen LogP contribution in [0.15, 0.2) is 38.8 Å². The quantitative estimate of drug-likeness (QED) is 0.479. The maximum absolute atomic E-state index is 12.8. The largest absolute Gasteiger partial charge is 0.411 e. The summed E-state index contributed by atoms with van der Waals surface area (Å²) in [6, 6.07) is 6.20. The van der Waals surface area contributed by atoms with Gasteiger partial charge in [-0.25, -0.2) is 8.42 Å². The molecule has 150 valence electrons. The van der Waals surface area contributed by atoms with Crippen molar-refractivity contribution in [2.75, 3.05) is 26.3 Å². The van der Waals surface area contributed by atoms with Gasteiger partial charge in [-0.05, 0) is 43.8 Å². The lowest BCUT2D eigenvalue weighted by Gasteiger charge is -2.26. The topological polar surface area (TPSA) is 120 Å². The van der Waals surface area contributed by atoms with E-state index in [4.69, 9.17) is 9.15 Å². The molecule has 28 heavy (non-hydrogen) atoms. The first-order valence-corrected chi connectivity index (χ1v) is 10.8. The van der Waals surface area contributed by atoms with Gasteiger partial charge in [-0.3, -0.25) is 9.59 Å². The average Bonchev–Trinajstić information content (AvgIpc) is 3.15. The number of Topliss-reactive ketones (excluding diaryl/α,β-unsaturated/α-hetero) is 2. The number of nitrogens with zero attached hydrogens (tertiary/aromatic N) is 3. The third kappa shape index (κ3) is 4.49. The van der Waals surface area contributed by atoms with Crippen molar-refractivity contribution in [3.05, 3.63) is 24.3 Å². The molecule has 1 saturated heterocycles. The molecule has 0 amide bonds. The van der Waals surface area contributed by atoms with E-state index in [0.717, 1.165) is 11.8 Å². The molecule has 0 bridgehead atoms. The summed E-state index contributed by atoms with van der Waals surface area (Å²) in [5.41, 5.74) is 0.427. The van der Waals surface area contributed by atoms with Crippen LogP contribution in [0.5, 0.6) is 0 Å². The second kappa shape index (κ2) is 8.52. The van der Waals surface area contributed by atoms with E-state index in [1.54, 1.807) is 12.1 Å². The molecule has 3 rings (SSSR count). The zero-order valence-corrected chi connectivity index (χ0v) is 17.0. The highest BCUT2D eigenvalue weighted by molar-refractivity contribution is 8.01. The lowest BCUT2D eigenvalue weighted by Crippen LogP contribution is -2.40. The molecule has 2 aromatic rings. The molecule has 0 radical (unpaired) electrons. The van der Waals surface area contributed by atoms with Gasteiger partial charge in [0.15, 0.2) is 11.6 Å². The number of benzene rings is 1. The van der Waals surface area contributed by atoms with Crippen LogP contribution in [0.4, 0.5) is 0 Å². The fourth-order valence-electron chi connectivity index (χ4n) is 2.65. The van der Waals surface area contributed by atoms with Gasteiger partial charge in [0, 0.05) is 18.7 Å². The standard InChI is InChI=1S/C17H19N3O6S2/c1-11(21)15(12(2)22)27-17-19-18-16(26-17)13-4-3-5-14(10-13)28(23,24)20-6-8-25-9-7-20/h3-5,10,15H,6-9H2,1-2H3. The van der Waals surface area contributed by atoms with Crippen LogP contribution in [0.25, 0.3) is 11.5 Å². The molecule has 1 aliphatic heterocycles. The number of hydrogen-bond acceptors (Lipinski definition) is 9. The predicted octanol–water partition coefficient (Wildman–Crippen LogP) is 1.40. The second-order valence-electron chi connectivity index (χ2n) is 6.14. The van der Waals surface area contributed by atoms with Crippen LogP contribution in [-0.2, 0) is 24.3 Å². The van der Waals surface area contributed by atoms with Crippen molar-refractivity contribution in [1.82, 2.24) is 14.5 Å². The Morgan fingerprint density at radius 3 is 2.46 bits per heavy atom. The van der Waals surface area contributed by atoms with Gasteiger partial charge in [-0.2, -0.15) is 4.31 Å². The summed E-state index contributed by atoms with van der Waals surface area (Å²) in [6.07, 6.45) is 0. The molecular formula is C17H19N3O6S2. The zero-order valence-electron chi connectivity index (χ0n) is 15.3. The minimum absolute atomic E-state index is 0.0619. The highest BCUT2D eigenvalue weighted by atomic mass is 32.2. The summed E-state index contributed by atoms with van der Waals surface area (Å²) in [4.78, 5) is 23.2. The van der Waals surface area contributed by atoms with Gasteiger partial charge in [0.25, 0.3) is 5.22 Å². The first-order chi connectivity index (χ1) is 13.3. The maximum Gasteiger partial charge on any atom is 0.278 e. The summed E-state index contributed by atoms with van der Waals surface area (Å²) in [5, 5.41) is 6.90. The first-order valence-electron chi connectivity index (χ1n) is 8.48. The highest BCUT2D eigenvalue weighted by Gasteiger charge is 2.27. The van der Waals surface area contributed by atoms with E-state index in [1.807, 2.05) is 0 Å². The molecule has 1 aromatic carbocycles. The number of aromatic nitrogens is 2. The summed E-state index contributed by atoms with van der Waals surface area (Å²) in [5.74, 6) is -0.515. The molecule has 2 heterocycles. The number of rotatable bonds is 7. The van der Waals surface area contributed by atoms with Crippen LogP contribution in [0.1, 0.15) is 13.8 Å². The van der Waals surface area contributed by atoms with E-state index in [9.17, 15) is 18.0 Å². The van der Waals surface area contributed by atoms with E-state index in [0.29, 0.717) is 31.9 Å². The van der Waals surface area contributed by atoms with Crippen molar-refractivity contribution < 1.29 is 27.2 Å². The third-order valence-corrected chi connectivity index (χ3v) is 7.21. The smallest absolute Gasteiger partial charge is 0.278 e. The third-order valence-electron chi connectivity index (χ3n) is 4.05. The molecule has 0 unspecified atom stereocenters. The lowest BCUT2D eigenvalue weighted by atomic mass is 10.2. The molecule has 1 aliphatic rings. The molecule has 1 fully saturated rings. The number of sulfonamides is 1.